The van der Waals surface area contributed by atoms with Gasteiger partial charge >= 0.3 is 0 Å². The third kappa shape index (κ3) is 2.48. The minimum Gasteiger partial charge on any atom is -0.508 e. The van der Waals surface area contributed by atoms with Gasteiger partial charge in [0.2, 0.25) is 5.78 Å². The quantitative estimate of drug-likeness (QED) is 0.851. The van der Waals surface area contributed by atoms with Crippen LogP contribution in [-0.2, 0) is 0 Å². The van der Waals surface area contributed by atoms with E-state index in [1.54, 1.807) is 18.2 Å². The third-order valence-corrected chi connectivity index (χ3v) is 3.23. The van der Waals surface area contributed by atoms with Crippen LogP contribution in [0.3, 0.4) is 0 Å². The highest BCUT2D eigenvalue weighted by Crippen LogP contribution is 2.35. The minimum absolute atomic E-state index is 0.0378. The van der Waals surface area contributed by atoms with Crippen molar-refractivity contribution in [3.05, 3.63) is 53.3 Å². The molecule has 22 heavy (non-hydrogen) atoms. The van der Waals surface area contributed by atoms with Crippen molar-refractivity contribution in [2.24, 2.45) is 0 Å². The summed E-state index contributed by atoms with van der Waals surface area (Å²) in [6, 6.07) is 9.14. The number of benzene rings is 2. The molecule has 0 saturated carbocycles. The molecule has 1 aliphatic rings. The summed E-state index contributed by atoms with van der Waals surface area (Å²) in [5.41, 5.74) is 1.08. The van der Waals surface area contributed by atoms with E-state index in [0.29, 0.717) is 29.2 Å². The number of carbonyl (C=O) groups is 1. The third-order valence-electron chi connectivity index (χ3n) is 3.23. The van der Waals surface area contributed by atoms with Gasteiger partial charge in [0.1, 0.15) is 11.5 Å². The van der Waals surface area contributed by atoms with Gasteiger partial charge in [0.25, 0.3) is 0 Å². The summed E-state index contributed by atoms with van der Waals surface area (Å²) < 4.78 is 10.8. The molecule has 0 saturated heterocycles. The Hall–Kier alpha value is -2.95. The Morgan fingerprint density at radius 3 is 2.77 bits per heavy atom. The van der Waals surface area contributed by atoms with Crippen LogP contribution in [0.4, 0.5) is 0 Å². The van der Waals surface area contributed by atoms with E-state index < -0.39 is 0 Å². The van der Waals surface area contributed by atoms with Crippen molar-refractivity contribution in [2.75, 3.05) is 6.61 Å². The van der Waals surface area contributed by atoms with E-state index >= 15 is 0 Å². The molecule has 0 unspecified atom stereocenters. The minimum atomic E-state index is -0.249. The molecule has 2 N–H and O–H groups in total. The van der Waals surface area contributed by atoms with Gasteiger partial charge in [-0.1, -0.05) is 6.07 Å². The van der Waals surface area contributed by atoms with Crippen LogP contribution in [0.5, 0.6) is 23.0 Å². The zero-order chi connectivity index (χ0) is 15.7. The highest BCUT2D eigenvalue weighted by molar-refractivity contribution is 6.14. The molecule has 3 rings (SSSR count). The Morgan fingerprint density at radius 1 is 1.18 bits per heavy atom. The van der Waals surface area contributed by atoms with Crippen molar-refractivity contribution in [1.29, 1.82) is 0 Å². The van der Waals surface area contributed by atoms with Crippen molar-refractivity contribution < 1.29 is 24.5 Å². The molecule has 0 atom stereocenters. The highest BCUT2D eigenvalue weighted by Gasteiger charge is 2.27. The number of carbonyl (C=O) groups excluding carboxylic acids is 1. The first kappa shape index (κ1) is 14.0. The number of allylic oxidation sites excluding steroid dienone is 1. The lowest BCUT2D eigenvalue weighted by Gasteiger charge is -2.06. The molecule has 5 heteroatoms. The Balaban J connectivity index is 1.94. The molecule has 1 heterocycles. The van der Waals surface area contributed by atoms with E-state index in [9.17, 15) is 15.0 Å². The monoisotopic (exact) mass is 298 g/mol. The van der Waals surface area contributed by atoms with Gasteiger partial charge in [-0.3, -0.25) is 4.79 Å². The van der Waals surface area contributed by atoms with E-state index in [2.05, 4.69) is 0 Å². The van der Waals surface area contributed by atoms with Gasteiger partial charge in [0, 0.05) is 6.07 Å². The molecule has 0 bridgehead atoms. The maximum absolute atomic E-state index is 12.2. The number of aromatic hydroxyl groups is 2. The summed E-state index contributed by atoms with van der Waals surface area (Å²) >= 11 is 0. The van der Waals surface area contributed by atoms with E-state index in [4.69, 9.17) is 9.47 Å². The lowest BCUT2D eigenvalue weighted by atomic mass is 10.1. The van der Waals surface area contributed by atoms with Crippen LogP contribution in [-0.4, -0.2) is 22.6 Å². The number of rotatable bonds is 3. The van der Waals surface area contributed by atoms with Crippen LogP contribution in [0, 0.1) is 0 Å². The fourth-order valence-corrected chi connectivity index (χ4v) is 2.22. The molecule has 0 fully saturated rings. The molecule has 1 aliphatic heterocycles. The maximum atomic E-state index is 12.2. The Kier molecular flexibility index (Phi) is 3.47. The van der Waals surface area contributed by atoms with Crippen LogP contribution in [0.2, 0.25) is 0 Å². The smallest absolute Gasteiger partial charge is 0.231 e. The van der Waals surface area contributed by atoms with Crippen LogP contribution < -0.4 is 9.47 Å². The number of hydrogen-bond donors (Lipinski definition) is 2. The Morgan fingerprint density at radius 2 is 2.00 bits per heavy atom. The van der Waals surface area contributed by atoms with Gasteiger partial charge in [-0.25, -0.2) is 0 Å². The van der Waals surface area contributed by atoms with Crippen LogP contribution in [0.15, 0.2) is 42.2 Å². The van der Waals surface area contributed by atoms with Crippen LogP contribution >= 0.6 is 0 Å². The highest BCUT2D eigenvalue weighted by atomic mass is 16.5. The lowest BCUT2D eigenvalue weighted by Crippen LogP contribution is -1.98. The molecule has 0 radical (unpaired) electrons. The number of fused-ring (bicyclic) bond motifs is 1. The topological polar surface area (TPSA) is 76.0 Å². The molecular weight excluding hydrogens is 284 g/mol. The molecule has 2 aromatic rings. The molecular formula is C17H14O5. The zero-order valence-electron chi connectivity index (χ0n) is 11.9. The predicted molar refractivity (Wildman–Crippen MR) is 80.3 cm³/mol. The van der Waals surface area contributed by atoms with E-state index in [1.807, 2.05) is 6.92 Å². The maximum Gasteiger partial charge on any atom is 0.231 e. The van der Waals surface area contributed by atoms with Gasteiger partial charge in [-0.15, -0.1) is 0 Å². The fourth-order valence-electron chi connectivity index (χ4n) is 2.22. The average molecular weight is 298 g/mol. The van der Waals surface area contributed by atoms with E-state index in [-0.39, 0.29) is 23.0 Å². The number of phenols is 2. The first-order chi connectivity index (χ1) is 10.6. The second-order valence-corrected chi connectivity index (χ2v) is 4.78. The second kappa shape index (κ2) is 5.44. The van der Waals surface area contributed by atoms with Crippen molar-refractivity contribution in [2.45, 2.75) is 6.92 Å². The predicted octanol–water partition coefficient (Wildman–Crippen LogP) is 3.11. The molecule has 5 nitrogen and oxygen atoms in total. The first-order valence-corrected chi connectivity index (χ1v) is 6.81. The number of hydrogen-bond acceptors (Lipinski definition) is 5. The first-order valence-electron chi connectivity index (χ1n) is 6.81. The summed E-state index contributed by atoms with van der Waals surface area (Å²) in [5, 5.41) is 19.1. The van der Waals surface area contributed by atoms with Crippen LogP contribution in [0.1, 0.15) is 22.8 Å². The van der Waals surface area contributed by atoms with Crippen molar-refractivity contribution in [3.63, 3.8) is 0 Å². The van der Waals surface area contributed by atoms with Gasteiger partial charge in [0.15, 0.2) is 17.3 Å². The van der Waals surface area contributed by atoms with E-state index in [0.717, 1.165) is 0 Å². The van der Waals surface area contributed by atoms with Crippen molar-refractivity contribution in [1.82, 2.24) is 0 Å². The van der Waals surface area contributed by atoms with Crippen LogP contribution in [0.25, 0.3) is 6.08 Å². The normalized spacial score (nSPS) is 14.8. The number of Topliss-reactive ketones (excluding diaryl/α,β-unsaturated/α-hetero) is 1. The largest absolute Gasteiger partial charge is 0.508 e. The number of ketones is 1. The molecule has 0 amide bonds. The molecule has 0 spiro atoms. The van der Waals surface area contributed by atoms with Gasteiger partial charge < -0.3 is 19.7 Å². The summed E-state index contributed by atoms with van der Waals surface area (Å²) in [4.78, 5) is 12.2. The molecule has 0 aromatic heterocycles. The molecule has 2 aromatic carbocycles. The number of ether oxygens (including phenoxy) is 2. The Bertz CT molecular complexity index is 777. The van der Waals surface area contributed by atoms with Gasteiger partial charge in [-0.2, -0.15) is 0 Å². The van der Waals surface area contributed by atoms with E-state index in [1.165, 1.54) is 24.3 Å². The average Bonchev–Trinajstić information content (AvgIpc) is 2.78. The van der Waals surface area contributed by atoms with Gasteiger partial charge in [-0.05, 0) is 42.8 Å². The summed E-state index contributed by atoms with van der Waals surface area (Å²) in [6.45, 7) is 2.24. The SMILES string of the molecule is CCOc1cc(/C=C2/Oc3cc(O)ccc3C2=O)ccc1O. The number of phenolic OH excluding ortho intramolecular Hbond substituents is 2. The standard InChI is InChI=1S/C17H14O5/c1-2-21-15-7-10(3-6-13(15)19)8-16-17(20)12-5-4-11(18)9-14(12)22-16/h3-9,18-19H,2H2,1H3/b16-8+. The lowest BCUT2D eigenvalue weighted by molar-refractivity contribution is 0.101. The van der Waals surface area contributed by atoms with Gasteiger partial charge in [0.05, 0.1) is 12.2 Å². The second-order valence-electron chi connectivity index (χ2n) is 4.78. The zero-order valence-corrected chi connectivity index (χ0v) is 11.9. The van der Waals surface area contributed by atoms with Crippen molar-refractivity contribution >= 4 is 11.9 Å². The summed E-state index contributed by atoms with van der Waals surface area (Å²) in [7, 11) is 0. The molecule has 0 aliphatic carbocycles. The Labute approximate surface area is 127 Å². The van der Waals surface area contributed by atoms with Crippen molar-refractivity contribution in [3.8, 4) is 23.0 Å². The summed E-state index contributed by atoms with van der Waals surface area (Å²) in [5.74, 6) is 0.666. The fraction of sp³-hybridized carbons (Fsp3) is 0.118. The molecule has 112 valence electrons. The summed E-state index contributed by atoms with van der Waals surface area (Å²) in [6.07, 6.45) is 1.57.